The minimum Gasteiger partial charge on any atom is -0.381 e. The van der Waals surface area contributed by atoms with Crippen molar-refractivity contribution in [2.75, 3.05) is 18.5 Å². The molecular formula is C25H26N2O3. The lowest BCUT2D eigenvalue weighted by molar-refractivity contribution is -0.125. The number of carbonyl (C=O) groups excluding carboxylic acids is 1. The summed E-state index contributed by atoms with van der Waals surface area (Å²) in [5, 5.41) is 4.22. The van der Waals surface area contributed by atoms with E-state index in [2.05, 4.69) is 10.3 Å². The van der Waals surface area contributed by atoms with Crippen molar-refractivity contribution in [1.82, 2.24) is 4.98 Å². The van der Waals surface area contributed by atoms with Crippen molar-refractivity contribution in [3.05, 3.63) is 75.6 Å². The van der Waals surface area contributed by atoms with Gasteiger partial charge in [-0.3, -0.25) is 9.59 Å². The molecule has 1 aliphatic carbocycles. The number of H-pyrrole nitrogens is 1. The topological polar surface area (TPSA) is 71.2 Å². The maximum Gasteiger partial charge on any atom is 0.251 e. The van der Waals surface area contributed by atoms with Crippen LogP contribution in [0, 0.1) is 0 Å². The van der Waals surface area contributed by atoms with E-state index in [1.807, 2.05) is 48.5 Å². The second kappa shape index (κ2) is 7.73. The fraction of sp³-hybridized carbons (Fsp3) is 0.360. The molecule has 2 N–H and O–H groups in total. The number of anilines is 1. The van der Waals surface area contributed by atoms with Crippen LogP contribution in [-0.4, -0.2) is 24.1 Å². The first-order valence-electron chi connectivity index (χ1n) is 10.8. The molecule has 5 nitrogen and oxygen atoms in total. The SMILES string of the molecule is O=C(Nc1ccc2c3c(c(=O)[nH]c2c1)CCCC3)C1(c2ccccc2)CCOCC1. The number of fused-ring (bicyclic) bond motifs is 3. The van der Waals surface area contributed by atoms with Crippen LogP contribution >= 0.6 is 0 Å². The summed E-state index contributed by atoms with van der Waals surface area (Å²) in [6.07, 6.45) is 5.29. The largest absolute Gasteiger partial charge is 0.381 e. The molecule has 2 aliphatic rings. The summed E-state index contributed by atoms with van der Waals surface area (Å²) in [7, 11) is 0. The lowest BCUT2D eigenvalue weighted by Crippen LogP contribution is -2.44. The van der Waals surface area contributed by atoms with E-state index in [-0.39, 0.29) is 11.5 Å². The van der Waals surface area contributed by atoms with Gasteiger partial charge >= 0.3 is 0 Å². The number of pyridine rings is 1. The third-order valence-electron chi connectivity index (χ3n) is 6.70. The molecule has 1 fully saturated rings. The number of hydrogen-bond donors (Lipinski definition) is 2. The Morgan fingerprint density at radius 2 is 1.70 bits per heavy atom. The van der Waals surface area contributed by atoms with Gasteiger partial charge < -0.3 is 15.0 Å². The molecular weight excluding hydrogens is 376 g/mol. The van der Waals surface area contributed by atoms with Crippen molar-refractivity contribution < 1.29 is 9.53 Å². The van der Waals surface area contributed by atoms with Gasteiger partial charge in [-0.05, 0) is 61.8 Å². The van der Waals surface area contributed by atoms with Gasteiger partial charge in [0, 0.05) is 29.9 Å². The van der Waals surface area contributed by atoms with E-state index < -0.39 is 5.41 Å². The number of aromatic amines is 1. The molecule has 0 saturated carbocycles. The first kappa shape index (κ1) is 19.1. The Hall–Kier alpha value is -2.92. The third-order valence-corrected chi connectivity index (χ3v) is 6.70. The highest BCUT2D eigenvalue weighted by atomic mass is 16.5. The molecule has 3 aromatic rings. The molecule has 0 atom stereocenters. The van der Waals surface area contributed by atoms with Crippen LogP contribution in [0.5, 0.6) is 0 Å². The number of nitrogens with one attached hydrogen (secondary N) is 2. The van der Waals surface area contributed by atoms with Crippen molar-refractivity contribution >= 4 is 22.5 Å². The van der Waals surface area contributed by atoms with Gasteiger partial charge in [-0.1, -0.05) is 36.4 Å². The molecule has 154 valence electrons. The van der Waals surface area contributed by atoms with Gasteiger partial charge in [-0.15, -0.1) is 0 Å². The zero-order chi connectivity index (χ0) is 20.6. The summed E-state index contributed by atoms with van der Waals surface area (Å²) in [6, 6.07) is 15.8. The molecule has 0 unspecified atom stereocenters. The fourth-order valence-electron chi connectivity index (χ4n) is 5.01. The van der Waals surface area contributed by atoms with Crippen LogP contribution in [0.15, 0.2) is 53.3 Å². The Bertz CT molecular complexity index is 1140. The van der Waals surface area contributed by atoms with Crippen LogP contribution in [0.25, 0.3) is 10.9 Å². The average Bonchev–Trinajstić information content (AvgIpc) is 2.80. The van der Waals surface area contributed by atoms with E-state index in [9.17, 15) is 9.59 Å². The van der Waals surface area contributed by atoms with Crippen LogP contribution < -0.4 is 10.9 Å². The van der Waals surface area contributed by atoms with E-state index in [0.717, 1.165) is 47.7 Å². The molecule has 0 bridgehead atoms. The molecule has 1 aromatic heterocycles. The Balaban J connectivity index is 1.50. The summed E-state index contributed by atoms with van der Waals surface area (Å²) in [5.41, 5.74) is 4.02. The van der Waals surface area contributed by atoms with Crippen LogP contribution in [0.2, 0.25) is 0 Å². The Morgan fingerprint density at radius 3 is 2.47 bits per heavy atom. The highest BCUT2D eigenvalue weighted by molar-refractivity contribution is 6.00. The van der Waals surface area contributed by atoms with Crippen molar-refractivity contribution in [3.63, 3.8) is 0 Å². The quantitative estimate of drug-likeness (QED) is 0.693. The van der Waals surface area contributed by atoms with Gasteiger partial charge in [0.25, 0.3) is 5.56 Å². The first-order valence-corrected chi connectivity index (χ1v) is 10.8. The van der Waals surface area contributed by atoms with E-state index in [0.29, 0.717) is 31.7 Å². The van der Waals surface area contributed by atoms with Crippen molar-refractivity contribution in [2.45, 2.75) is 43.9 Å². The number of rotatable bonds is 3. The maximum absolute atomic E-state index is 13.5. The van der Waals surface area contributed by atoms with Crippen molar-refractivity contribution in [1.29, 1.82) is 0 Å². The number of aromatic nitrogens is 1. The lowest BCUT2D eigenvalue weighted by Gasteiger charge is -2.36. The minimum absolute atomic E-state index is 0.00543. The highest BCUT2D eigenvalue weighted by Crippen LogP contribution is 2.36. The van der Waals surface area contributed by atoms with E-state index in [1.54, 1.807) is 0 Å². The summed E-state index contributed by atoms with van der Waals surface area (Å²) in [4.78, 5) is 29.1. The molecule has 2 aromatic carbocycles. The van der Waals surface area contributed by atoms with Gasteiger partial charge in [-0.2, -0.15) is 0 Å². The molecule has 0 radical (unpaired) electrons. The number of amides is 1. The number of hydrogen-bond acceptors (Lipinski definition) is 3. The summed E-state index contributed by atoms with van der Waals surface area (Å²) in [5.74, 6) is -0.0170. The normalized spacial score (nSPS) is 18.0. The Kier molecular flexibility index (Phi) is 4.91. The van der Waals surface area contributed by atoms with Crippen molar-refractivity contribution in [2.24, 2.45) is 0 Å². The van der Waals surface area contributed by atoms with Crippen LogP contribution in [-0.2, 0) is 27.8 Å². The molecule has 5 rings (SSSR count). The molecule has 0 spiro atoms. The standard InChI is InChI=1S/C25H26N2O3/c28-23-21-9-5-4-8-19(21)20-11-10-18(16-22(20)27-23)26-24(29)25(12-14-30-15-13-25)17-6-2-1-3-7-17/h1-3,6-7,10-11,16H,4-5,8-9,12-15H2,(H,26,29)(H,27,28). The third kappa shape index (κ3) is 3.23. The highest BCUT2D eigenvalue weighted by Gasteiger charge is 2.41. The predicted molar refractivity (Wildman–Crippen MR) is 118 cm³/mol. The van der Waals surface area contributed by atoms with Gasteiger partial charge in [-0.25, -0.2) is 0 Å². The van der Waals surface area contributed by atoms with Crippen LogP contribution in [0.4, 0.5) is 5.69 Å². The van der Waals surface area contributed by atoms with E-state index in [4.69, 9.17) is 4.74 Å². The number of benzene rings is 2. The lowest BCUT2D eigenvalue weighted by atomic mass is 9.73. The number of aryl methyl sites for hydroxylation is 1. The average molecular weight is 402 g/mol. The zero-order valence-corrected chi connectivity index (χ0v) is 17.0. The molecule has 5 heteroatoms. The molecule has 1 aliphatic heterocycles. The monoisotopic (exact) mass is 402 g/mol. The predicted octanol–water partition coefficient (Wildman–Crippen LogP) is 4.09. The molecule has 1 saturated heterocycles. The fourth-order valence-corrected chi connectivity index (χ4v) is 5.01. The Labute approximate surface area is 175 Å². The van der Waals surface area contributed by atoms with Gasteiger partial charge in [0.15, 0.2) is 0 Å². The Morgan fingerprint density at radius 1 is 0.967 bits per heavy atom. The van der Waals surface area contributed by atoms with Crippen LogP contribution in [0.3, 0.4) is 0 Å². The van der Waals surface area contributed by atoms with Gasteiger partial charge in [0.2, 0.25) is 5.91 Å². The molecule has 2 heterocycles. The minimum atomic E-state index is -0.599. The molecule has 1 amide bonds. The number of ether oxygens (including phenoxy) is 1. The van der Waals surface area contributed by atoms with E-state index >= 15 is 0 Å². The second-order valence-electron chi connectivity index (χ2n) is 8.39. The van der Waals surface area contributed by atoms with Gasteiger partial charge in [0.1, 0.15) is 0 Å². The van der Waals surface area contributed by atoms with E-state index in [1.165, 1.54) is 5.56 Å². The number of carbonyl (C=O) groups is 1. The second-order valence-corrected chi connectivity index (χ2v) is 8.39. The summed E-state index contributed by atoms with van der Waals surface area (Å²) in [6.45, 7) is 1.14. The summed E-state index contributed by atoms with van der Waals surface area (Å²) >= 11 is 0. The smallest absolute Gasteiger partial charge is 0.251 e. The zero-order valence-electron chi connectivity index (χ0n) is 17.0. The maximum atomic E-state index is 13.5. The van der Waals surface area contributed by atoms with Crippen molar-refractivity contribution in [3.8, 4) is 0 Å². The summed E-state index contributed by atoms with van der Waals surface area (Å²) < 4.78 is 5.55. The van der Waals surface area contributed by atoms with Gasteiger partial charge in [0.05, 0.1) is 10.9 Å². The van der Waals surface area contributed by atoms with Crippen LogP contribution in [0.1, 0.15) is 42.4 Å². The molecule has 30 heavy (non-hydrogen) atoms. The first-order chi connectivity index (χ1) is 14.7.